The van der Waals surface area contributed by atoms with Crippen LogP contribution in [0.2, 0.25) is 0 Å². The fourth-order valence-electron chi connectivity index (χ4n) is 3.16. The summed E-state index contributed by atoms with van der Waals surface area (Å²) in [6.45, 7) is 1.47. The highest BCUT2D eigenvalue weighted by atomic mass is 16.2. The van der Waals surface area contributed by atoms with E-state index in [0.29, 0.717) is 5.92 Å². The number of para-hydroxylation sites is 2. The molecule has 0 unspecified atom stereocenters. The number of pyridine rings is 1. The lowest BCUT2D eigenvalue weighted by Gasteiger charge is -2.31. The third-order valence-corrected chi connectivity index (χ3v) is 4.51. The molecule has 0 radical (unpaired) electrons. The number of urea groups is 1. The second kappa shape index (κ2) is 6.31. The van der Waals surface area contributed by atoms with Gasteiger partial charge in [-0.1, -0.05) is 12.1 Å². The Kier molecular flexibility index (Phi) is 3.86. The van der Waals surface area contributed by atoms with Crippen molar-refractivity contribution in [3.05, 3.63) is 54.6 Å². The number of H-pyrrole nitrogens is 1. The molecular formula is C18H19N5O. The van der Waals surface area contributed by atoms with Crippen molar-refractivity contribution < 1.29 is 4.79 Å². The lowest BCUT2D eigenvalue weighted by molar-refractivity contribution is 0.193. The molecule has 24 heavy (non-hydrogen) atoms. The van der Waals surface area contributed by atoms with E-state index in [1.54, 1.807) is 24.5 Å². The quantitative estimate of drug-likeness (QED) is 0.760. The van der Waals surface area contributed by atoms with Crippen LogP contribution in [0.25, 0.3) is 11.0 Å². The van der Waals surface area contributed by atoms with E-state index >= 15 is 0 Å². The van der Waals surface area contributed by atoms with Crippen LogP contribution in [0.3, 0.4) is 0 Å². The summed E-state index contributed by atoms with van der Waals surface area (Å²) in [6.07, 6.45) is 5.18. The number of hydrogen-bond acceptors (Lipinski definition) is 3. The molecule has 3 heterocycles. The topological polar surface area (TPSA) is 73.9 Å². The summed E-state index contributed by atoms with van der Waals surface area (Å²) in [5, 5.41) is 2.91. The summed E-state index contributed by atoms with van der Waals surface area (Å²) >= 11 is 0. The van der Waals surface area contributed by atoms with Gasteiger partial charge in [0.05, 0.1) is 11.0 Å². The van der Waals surface area contributed by atoms with Crippen molar-refractivity contribution in [2.45, 2.75) is 18.8 Å². The zero-order chi connectivity index (χ0) is 16.4. The molecule has 0 atom stereocenters. The Morgan fingerprint density at radius 1 is 1.12 bits per heavy atom. The second-order valence-corrected chi connectivity index (χ2v) is 6.07. The molecule has 2 N–H and O–H groups in total. The van der Waals surface area contributed by atoms with Gasteiger partial charge in [-0.15, -0.1) is 0 Å². The van der Waals surface area contributed by atoms with Gasteiger partial charge in [0, 0.05) is 37.1 Å². The number of aromatic amines is 1. The molecule has 0 saturated carbocycles. The van der Waals surface area contributed by atoms with Crippen LogP contribution in [0.1, 0.15) is 24.6 Å². The SMILES string of the molecule is O=C(Nc1ccncc1)N1CCC(c2nc3ccccc3[nH]2)CC1. The summed E-state index contributed by atoms with van der Waals surface area (Å²) in [4.78, 5) is 26.2. The minimum absolute atomic E-state index is 0.0516. The number of hydrogen-bond donors (Lipinski definition) is 2. The summed E-state index contributed by atoms with van der Waals surface area (Å²) in [7, 11) is 0. The Hall–Kier alpha value is -2.89. The third kappa shape index (κ3) is 2.95. The van der Waals surface area contributed by atoms with Gasteiger partial charge in [0.1, 0.15) is 5.82 Å². The van der Waals surface area contributed by atoms with E-state index < -0.39 is 0 Å². The minimum atomic E-state index is -0.0516. The number of nitrogens with zero attached hydrogens (tertiary/aromatic N) is 3. The number of piperidine rings is 1. The lowest BCUT2D eigenvalue weighted by atomic mass is 9.96. The monoisotopic (exact) mass is 321 g/mol. The second-order valence-electron chi connectivity index (χ2n) is 6.07. The predicted molar refractivity (Wildman–Crippen MR) is 92.9 cm³/mol. The Labute approximate surface area is 139 Å². The van der Waals surface area contributed by atoms with E-state index in [4.69, 9.17) is 4.98 Å². The van der Waals surface area contributed by atoms with E-state index in [2.05, 4.69) is 15.3 Å². The molecule has 1 fully saturated rings. The number of carbonyl (C=O) groups excluding carboxylic acids is 1. The van der Waals surface area contributed by atoms with E-state index in [1.165, 1.54) is 0 Å². The van der Waals surface area contributed by atoms with Crippen molar-refractivity contribution in [3.8, 4) is 0 Å². The van der Waals surface area contributed by atoms with Gasteiger partial charge in [-0.25, -0.2) is 9.78 Å². The number of rotatable bonds is 2. The van der Waals surface area contributed by atoms with Crippen LogP contribution < -0.4 is 5.32 Å². The van der Waals surface area contributed by atoms with Crippen LogP contribution in [0, 0.1) is 0 Å². The normalized spacial score (nSPS) is 15.6. The van der Waals surface area contributed by atoms with Crippen LogP contribution in [-0.4, -0.2) is 39.0 Å². The summed E-state index contributed by atoms with van der Waals surface area (Å²) < 4.78 is 0. The number of nitrogens with one attached hydrogen (secondary N) is 2. The van der Waals surface area contributed by atoms with Crippen molar-refractivity contribution in [2.75, 3.05) is 18.4 Å². The fourth-order valence-corrected chi connectivity index (χ4v) is 3.16. The molecule has 6 nitrogen and oxygen atoms in total. The lowest BCUT2D eigenvalue weighted by Crippen LogP contribution is -2.40. The average molecular weight is 321 g/mol. The first kappa shape index (κ1) is 14.7. The molecule has 2 aromatic heterocycles. The third-order valence-electron chi connectivity index (χ3n) is 4.51. The van der Waals surface area contributed by atoms with Crippen LogP contribution in [0.4, 0.5) is 10.5 Å². The maximum absolute atomic E-state index is 12.3. The minimum Gasteiger partial charge on any atom is -0.342 e. The highest BCUT2D eigenvalue weighted by Crippen LogP contribution is 2.27. The molecule has 1 aliphatic rings. The molecular weight excluding hydrogens is 302 g/mol. The maximum atomic E-state index is 12.3. The number of amides is 2. The highest BCUT2D eigenvalue weighted by molar-refractivity contribution is 5.89. The van der Waals surface area contributed by atoms with Gasteiger partial charge < -0.3 is 15.2 Å². The van der Waals surface area contributed by atoms with Gasteiger partial charge in [0.15, 0.2) is 0 Å². The highest BCUT2D eigenvalue weighted by Gasteiger charge is 2.25. The molecule has 122 valence electrons. The average Bonchev–Trinajstić information content (AvgIpc) is 3.07. The standard InChI is InChI=1S/C18H19N5O/c24-18(20-14-5-9-19-10-6-14)23-11-7-13(8-12-23)17-21-15-3-1-2-4-16(15)22-17/h1-6,9-10,13H,7-8,11-12H2,(H,21,22)(H,19,20,24). The number of likely N-dealkylation sites (tertiary alicyclic amines) is 1. The molecule has 1 aromatic carbocycles. The van der Waals surface area contributed by atoms with Gasteiger partial charge in [0.2, 0.25) is 0 Å². The molecule has 6 heteroatoms. The van der Waals surface area contributed by atoms with Crippen LogP contribution in [0.5, 0.6) is 0 Å². The van der Waals surface area contributed by atoms with Gasteiger partial charge in [-0.2, -0.15) is 0 Å². The Balaban J connectivity index is 1.38. The number of carbonyl (C=O) groups is 1. The van der Waals surface area contributed by atoms with E-state index in [9.17, 15) is 4.79 Å². The van der Waals surface area contributed by atoms with Gasteiger partial charge in [0.25, 0.3) is 0 Å². The van der Waals surface area contributed by atoms with Crippen molar-refractivity contribution in [3.63, 3.8) is 0 Å². The smallest absolute Gasteiger partial charge is 0.321 e. The van der Waals surface area contributed by atoms with E-state index in [1.807, 2.05) is 29.2 Å². The van der Waals surface area contributed by atoms with Crippen LogP contribution in [-0.2, 0) is 0 Å². The number of imidazole rings is 1. The van der Waals surface area contributed by atoms with Crippen molar-refractivity contribution in [1.29, 1.82) is 0 Å². The number of aromatic nitrogens is 3. The first-order valence-electron chi connectivity index (χ1n) is 8.20. The zero-order valence-corrected chi connectivity index (χ0v) is 13.3. The van der Waals surface area contributed by atoms with Crippen molar-refractivity contribution >= 4 is 22.8 Å². The number of benzene rings is 1. The molecule has 0 spiro atoms. The molecule has 0 aliphatic carbocycles. The zero-order valence-electron chi connectivity index (χ0n) is 13.3. The van der Waals surface area contributed by atoms with Crippen molar-refractivity contribution in [2.24, 2.45) is 0 Å². The number of fused-ring (bicyclic) bond motifs is 1. The predicted octanol–water partition coefficient (Wildman–Crippen LogP) is 3.37. The molecule has 1 aliphatic heterocycles. The van der Waals surface area contributed by atoms with Crippen LogP contribution >= 0.6 is 0 Å². The van der Waals surface area contributed by atoms with E-state index in [-0.39, 0.29) is 6.03 Å². The number of anilines is 1. The summed E-state index contributed by atoms with van der Waals surface area (Å²) in [6, 6.07) is 11.6. The Morgan fingerprint density at radius 3 is 2.62 bits per heavy atom. The Bertz CT molecular complexity index is 804. The summed E-state index contributed by atoms with van der Waals surface area (Å²) in [5.74, 6) is 1.41. The first-order chi connectivity index (χ1) is 11.8. The van der Waals surface area contributed by atoms with Crippen molar-refractivity contribution in [1.82, 2.24) is 19.9 Å². The molecule has 3 aromatic rings. The first-order valence-corrected chi connectivity index (χ1v) is 8.20. The summed E-state index contributed by atoms with van der Waals surface area (Å²) in [5.41, 5.74) is 2.85. The fraction of sp³-hybridized carbons (Fsp3) is 0.278. The van der Waals surface area contributed by atoms with Gasteiger partial charge in [-0.3, -0.25) is 4.98 Å². The largest absolute Gasteiger partial charge is 0.342 e. The molecule has 1 saturated heterocycles. The molecule has 4 rings (SSSR count). The molecule has 2 amide bonds. The van der Waals surface area contributed by atoms with Gasteiger partial charge in [-0.05, 0) is 37.1 Å². The molecule has 0 bridgehead atoms. The van der Waals surface area contributed by atoms with Gasteiger partial charge >= 0.3 is 6.03 Å². The maximum Gasteiger partial charge on any atom is 0.321 e. The van der Waals surface area contributed by atoms with E-state index in [0.717, 1.165) is 48.5 Å². The van der Waals surface area contributed by atoms with Crippen LogP contribution in [0.15, 0.2) is 48.8 Å². The Morgan fingerprint density at radius 2 is 1.88 bits per heavy atom.